The van der Waals surface area contributed by atoms with Gasteiger partial charge in [0.25, 0.3) is 0 Å². The van der Waals surface area contributed by atoms with Gasteiger partial charge in [-0.2, -0.15) is 23.4 Å². The number of hydrogen-bond donors (Lipinski definition) is 0. The number of alkyl halides is 3. The van der Waals surface area contributed by atoms with E-state index in [1.54, 1.807) is 17.4 Å². The molecule has 2 unspecified atom stereocenters. The Morgan fingerprint density at radius 1 is 1.00 bits per heavy atom. The summed E-state index contributed by atoms with van der Waals surface area (Å²) in [5.74, 6) is 0. The molecule has 104 valence electrons. The first kappa shape index (κ1) is 13.3. The van der Waals surface area contributed by atoms with Crippen molar-refractivity contribution in [2.45, 2.75) is 24.7 Å². The molecule has 0 fully saturated rings. The van der Waals surface area contributed by atoms with Crippen molar-refractivity contribution >= 4 is 11.3 Å². The van der Waals surface area contributed by atoms with Crippen LogP contribution in [0.2, 0.25) is 0 Å². The summed E-state index contributed by atoms with van der Waals surface area (Å²) in [6.45, 7) is 0. The summed E-state index contributed by atoms with van der Waals surface area (Å²) in [4.78, 5) is 1.04. The molecule has 0 amide bonds. The van der Waals surface area contributed by atoms with Gasteiger partial charge in [0.15, 0.2) is 0 Å². The predicted octanol–water partition coefficient (Wildman–Crippen LogP) is 5.41. The van der Waals surface area contributed by atoms with Crippen LogP contribution in [0.15, 0.2) is 52.0 Å². The molecule has 2 aromatic rings. The van der Waals surface area contributed by atoms with Crippen LogP contribution in [-0.4, -0.2) is 0 Å². The Morgan fingerprint density at radius 2 is 1.75 bits per heavy atom. The summed E-state index contributed by atoms with van der Waals surface area (Å²) in [7, 11) is 0. The molecule has 1 aromatic carbocycles. The second-order valence-electron chi connectivity index (χ2n) is 4.60. The van der Waals surface area contributed by atoms with Gasteiger partial charge >= 0.3 is 6.18 Å². The highest BCUT2D eigenvalue weighted by molar-refractivity contribution is 7.10. The normalized spacial score (nSPS) is 22.4. The minimum atomic E-state index is -4.35. The largest absolute Gasteiger partial charge is 0.416 e. The molecule has 1 aliphatic heterocycles. The van der Waals surface area contributed by atoms with E-state index >= 15 is 0 Å². The number of benzene rings is 1. The monoisotopic (exact) mass is 296 g/mol. The van der Waals surface area contributed by atoms with Crippen LogP contribution in [0.4, 0.5) is 13.2 Å². The molecule has 0 N–H and O–H groups in total. The van der Waals surface area contributed by atoms with Gasteiger partial charge in [-0.15, -0.1) is 11.3 Å². The predicted molar refractivity (Wildman–Crippen MR) is 70.7 cm³/mol. The number of thiophene rings is 1. The first-order valence-corrected chi connectivity index (χ1v) is 7.03. The molecular formula is C14H11F3N2S. The molecule has 1 aromatic heterocycles. The second kappa shape index (κ2) is 5.01. The van der Waals surface area contributed by atoms with Crippen LogP contribution in [0.1, 0.15) is 34.5 Å². The third-order valence-electron chi connectivity index (χ3n) is 3.29. The van der Waals surface area contributed by atoms with Gasteiger partial charge < -0.3 is 0 Å². The quantitative estimate of drug-likeness (QED) is 0.708. The average molecular weight is 296 g/mol. The van der Waals surface area contributed by atoms with Crippen LogP contribution < -0.4 is 0 Å². The van der Waals surface area contributed by atoms with Gasteiger partial charge in [0.2, 0.25) is 0 Å². The zero-order valence-corrected chi connectivity index (χ0v) is 11.2. The van der Waals surface area contributed by atoms with E-state index in [2.05, 4.69) is 10.2 Å². The molecule has 0 spiro atoms. The Hall–Kier alpha value is -1.69. The highest BCUT2D eigenvalue weighted by atomic mass is 32.1. The van der Waals surface area contributed by atoms with Gasteiger partial charge in [-0.1, -0.05) is 24.3 Å². The molecule has 2 atom stereocenters. The van der Waals surface area contributed by atoms with Crippen LogP contribution in [-0.2, 0) is 6.18 Å². The van der Waals surface area contributed by atoms with Crippen molar-refractivity contribution in [1.82, 2.24) is 0 Å². The molecule has 2 heterocycles. The standard InChI is InChI=1S/C14H11F3N2S/c15-14(16,17)10-5-2-1-4-9(10)11-8-12(19-18-11)13-6-3-7-20-13/h1-7,11-12H,8H2. The number of nitrogens with zero attached hydrogens (tertiary/aromatic N) is 2. The summed E-state index contributed by atoms with van der Waals surface area (Å²) < 4.78 is 39.0. The van der Waals surface area contributed by atoms with E-state index in [1.807, 2.05) is 17.5 Å². The van der Waals surface area contributed by atoms with Crippen molar-refractivity contribution in [2.24, 2.45) is 10.2 Å². The molecule has 3 rings (SSSR count). The molecule has 2 nitrogen and oxygen atoms in total. The smallest absolute Gasteiger partial charge is 0.185 e. The van der Waals surface area contributed by atoms with Crippen molar-refractivity contribution < 1.29 is 13.2 Å². The van der Waals surface area contributed by atoms with Crippen LogP contribution in [0.3, 0.4) is 0 Å². The van der Waals surface area contributed by atoms with E-state index in [1.165, 1.54) is 12.1 Å². The van der Waals surface area contributed by atoms with E-state index in [-0.39, 0.29) is 11.6 Å². The first-order valence-electron chi connectivity index (χ1n) is 6.15. The lowest BCUT2D eigenvalue weighted by Gasteiger charge is -2.15. The molecule has 0 bridgehead atoms. The van der Waals surface area contributed by atoms with Crippen molar-refractivity contribution in [3.63, 3.8) is 0 Å². The van der Waals surface area contributed by atoms with Crippen LogP contribution in [0.25, 0.3) is 0 Å². The fraction of sp³-hybridized carbons (Fsp3) is 0.286. The maximum atomic E-state index is 13.0. The van der Waals surface area contributed by atoms with E-state index in [0.29, 0.717) is 6.42 Å². The maximum Gasteiger partial charge on any atom is 0.416 e. The minimum Gasteiger partial charge on any atom is -0.185 e. The molecular weight excluding hydrogens is 285 g/mol. The zero-order chi connectivity index (χ0) is 14.2. The highest BCUT2D eigenvalue weighted by Crippen LogP contribution is 2.43. The SMILES string of the molecule is FC(F)(F)c1ccccc1C1CC(c2cccs2)N=N1. The number of azo groups is 1. The lowest BCUT2D eigenvalue weighted by atomic mass is 9.96. The third kappa shape index (κ3) is 2.47. The summed E-state index contributed by atoms with van der Waals surface area (Å²) in [6.07, 6.45) is -3.86. The average Bonchev–Trinajstić information content (AvgIpc) is 3.09. The molecule has 20 heavy (non-hydrogen) atoms. The van der Waals surface area contributed by atoms with E-state index in [0.717, 1.165) is 10.9 Å². The Morgan fingerprint density at radius 3 is 2.45 bits per heavy atom. The second-order valence-corrected chi connectivity index (χ2v) is 5.58. The van der Waals surface area contributed by atoms with Crippen LogP contribution in [0, 0.1) is 0 Å². The third-order valence-corrected chi connectivity index (χ3v) is 4.26. The van der Waals surface area contributed by atoms with Gasteiger partial charge in [0.05, 0.1) is 11.6 Å². The number of rotatable bonds is 2. The van der Waals surface area contributed by atoms with E-state index in [4.69, 9.17) is 0 Å². The fourth-order valence-electron chi connectivity index (χ4n) is 2.36. The van der Waals surface area contributed by atoms with Crippen molar-refractivity contribution in [3.05, 3.63) is 57.8 Å². The molecule has 0 aliphatic carbocycles. The minimum absolute atomic E-state index is 0.124. The summed E-state index contributed by atoms with van der Waals surface area (Å²) in [6, 6.07) is 8.81. The van der Waals surface area contributed by atoms with Crippen molar-refractivity contribution in [2.75, 3.05) is 0 Å². The van der Waals surface area contributed by atoms with Gasteiger partial charge in [-0.3, -0.25) is 0 Å². The lowest BCUT2D eigenvalue weighted by Crippen LogP contribution is -2.10. The first-order chi connectivity index (χ1) is 9.55. The Labute approximate surface area is 118 Å². The zero-order valence-electron chi connectivity index (χ0n) is 10.3. The van der Waals surface area contributed by atoms with Gasteiger partial charge in [0.1, 0.15) is 6.04 Å². The Balaban J connectivity index is 1.88. The Bertz CT molecular complexity index is 620. The lowest BCUT2D eigenvalue weighted by molar-refractivity contribution is -0.138. The van der Waals surface area contributed by atoms with Crippen molar-refractivity contribution in [3.8, 4) is 0 Å². The molecule has 1 aliphatic rings. The summed E-state index contributed by atoms with van der Waals surface area (Å²) in [5.41, 5.74) is -0.404. The fourth-order valence-corrected chi connectivity index (χ4v) is 3.13. The van der Waals surface area contributed by atoms with Crippen LogP contribution >= 0.6 is 11.3 Å². The van der Waals surface area contributed by atoms with Gasteiger partial charge in [-0.25, -0.2) is 0 Å². The summed E-state index contributed by atoms with van der Waals surface area (Å²) in [5, 5.41) is 10.1. The molecule has 6 heteroatoms. The number of halogens is 3. The highest BCUT2D eigenvalue weighted by Gasteiger charge is 2.37. The molecule has 0 radical (unpaired) electrons. The molecule has 0 saturated carbocycles. The van der Waals surface area contributed by atoms with E-state index in [9.17, 15) is 13.2 Å². The maximum absolute atomic E-state index is 13.0. The van der Waals surface area contributed by atoms with Gasteiger partial charge in [0, 0.05) is 11.3 Å². The Kier molecular flexibility index (Phi) is 3.33. The molecule has 0 saturated heterocycles. The topological polar surface area (TPSA) is 24.7 Å². The van der Waals surface area contributed by atoms with Crippen molar-refractivity contribution in [1.29, 1.82) is 0 Å². The summed E-state index contributed by atoms with van der Waals surface area (Å²) >= 11 is 1.55. The van der Waals surface area contributed by atoms with E-state index < -0.39 is 17.8 Å². The van der Waals surface area contributed by atoms with Crippen LogP contribution in [0.5, 0.6) is 0 Å². The number of hydrogen-bond acceptors (Lipinski definition) is 3. The van der Waals surface area contributed by atoms with Gasteiger partial charge in [-0.05, 0) is 23.1 Å².